The molecule has 17 heavy (non-hydrogen) atoms. The number of rotatable bonds is 7. The van der Waals surface area contributed by atoms with Gasteiger partial charge in [-0.3, -0.25) is 4.79 Å². The molecule has 1 rings (SSSR count). The van der Waals surface area contributed by atoms with Gasteiger partial charge < -0.3 is 10.8 Å². The van der Waals surface area contributed by atoms with E-state index in [0.717, 1.165) is 19.3 Å². The molecule has 1 aromatic rings. The van der Waals surface area contributed by atoms with Gasteiger partial charge in [0.1, 0.15) is 0 Å². The van der Waals surface area contributed by atoms with Crippen molar-refractivity contribution in [3.63, 3.8) is 0 Å². The summed E-state index contributed by atoms with van der Waals surface area (Å²) in [6.07, 6.45) is 7.85. The summed E-state index contributed by atoms with van der Waals surface area (Å²) >= 11 is 0. The molecule has 5 heteroatoms. The number of aromatic nitrogens is 2. The Morgan fingerprint density at radius 2 is 1.82 bits per heavy atom. The topological polar surface area (TPSA) is 80.9 Å². The van der Waals surface area contributed by atoms with Crippen molar-refractivity contribution in [2.24, 2.45) is 0 Å². The van der Waals surface area contributed by atoms with Crippen LogP contribution < -0.4 is 17.1 Å². The van der Waals surface area contributed by atoms with E-state index in [4.69, 9.17) is 5.84 Å². The van der Waals surface area contributed by atoms with Gasteiger partial charge in [-0.15, -0.1) is 0 Å². The van der Waals surface area contributed by atoms with Gasteiger partial charge in [-0.1, -0.05) is 39.0 Å². The smallest absolute Gasteiger partial charge is 0.332 e. The predicted molar refractivity (Wildman–Crippen MR) is 68.6 cm³/mol. The third-order valence-corrected chi connectivity index (χ3v) is 2.82. The van der Waals surface area contributed by atoms with Crippen molar-refractivity contribution >= 4 is 0 Å². The fourth-order valence-corrected chi connectivity index (χ4v) is 1.78. The molecule has 96 valence electrons. The van der Waals surface area contributed by atoms with Crippen molar-refractivity contribution in [1.29, 1.82) is 0 Å². The van der Waals surface area contributed by atoms with Gasteiger partial charge in [0, 0.05) is 11.8 Å². The summed E-state index contributed by atoms with van der Waals surface area (Å²) in [5, 5.41) is 0. The molecule has 1 aromatic heterocycles. The van der Waals surface area contributed by atoms with E-state index in [1.165, 1.54) is 31.7 Å². The second-order valence-corrected chi connectivity index (χ2v) is 4.33. The van der Waals surface area contributed by atoms with Crippen molar-refractivity contribution in [3.8, 4) is 0 Å². The number of aryl methyl sites for hydroxylation is 1. The van der Waals surface area contributed by atoms with E-state index < -0.39 is 11.2 Å². The highest BCUT2D eigenvalue weighted by Gasteiger charge is 2.00. The third-order valence-electron chi connectivity index (χ3n) is 2.82. The maximum Gasteiger partial charge on any atom is 0.347 e. The summed E-state index contributed by atoms with van der Waals surface area (Å²) in [7, 11) is 0. The monoisotopic (exact) mass is 239 g/mol. The van der Waals surface area contributed by atoms with Crippen LogP contribution in [0.4, 0.5) is 0 Å². The lowest BCUT2D eigenvalue weighted by Gasteiger charge is -2.02. The molecule has 0 bridgehead atoms. The number of aromatic amines is 1. The number of H-pyrrole nitrogens is 1. The minimum absolute atomic E-state index is 0.449. The van der Waals surface area contributed by atoms with Crippen LogP contribution in [0.3, 0.4) is 0 Å². The zero-order valence-corrected chi connectivity index (χ0v) is 10.4. The number of nitrogens with two attached hydrogens (primary N) is 1. The molecule has 0 aliphatic heterocycles. The third kappa shape index (κ3) is 4.46. The number of nitrogens with one attached hydrogen (secondary N) is 1. The second-order valence-electron chi connectivity index (χ2n) is 4.33. The highest BCUT2D eigenvalue weighted by molar-refractivity contribution is 4.99. The van der Waals surface area contributed by atoms with Crippen LogP contribution in [0.2, 0.25) is 0 Å². The first-order chi connectivity index (χ1) is 8.15. The zero-order valence-electron chi connectivity index (χ0n) is 10.4. The summed E-state index contributed by atoms with van der Waals surface area (Å²) in [5.41, 5.74) is -0.314. The van der Waals surface area contributed by atoms with Crippen LogP contribution in [0.25, 0.3) is 0 Å². The van der Waals surface area contributed by atoms with Crippen molar-refractivity contribution in [2.75, 3.05) is 5.84 Å². The fourth-order valence-electron chi connectivity index (χ4n) is 1.78. The van der Waals surface area contributed by atoms with E-state index in [0.29, 0.717) is 10.4 Å². The van der Waals surface area contributed by atoms with Gasteiger partial charge in [0.05, 0.1) is 0 Å². The highest BCUT2D eigenvalue weighted by atomic mass is 16.2. The van der Waals surface area contributed by atoms with Gasteiger partial charge in [0.2, 0.25) is 0 Å². The van der Waals surface area contributed by atoms with Crippen molar-refractivity contribution in [1.82, 2.24) is 9.66 Å². The Balaban J connectivity index is 2.38. The maximum atomic E-state index is 11.3. The van der Waals surface area contributed by atoms with Crippen molar-refractivity contribution in [3.05, 3.63) is 32.6 Å². The van der Waals surface area contributed by atoms with Crippen LogP contribution in [-0.4, -0.2) is 9.66 Å². The van der Waals surface area contributed by atoms with Crippen LogP contribution in [0.1, 0.15) is 51.1 Å². The van der Waals surface area contributed by atoms with Gasteiger partial charge in [0.25, 0.3) is 5.56 Å². The summed E-state index contributed by atoms with van der Waals surface area (Å²) in [6, 6.07) is 1.40. The van der Waals surface area contributed by atoms with Gasteiger partial charge in [0.15, 0.2) is 0 Å². The lowest BCUT2D eigenvalue weighted by Crippen LogP contribution is -2.40. The normalized spacial score (nSPS) is 10.6. The van der Waals surface area contributed by atoms with Gasteiger partial charge in [-0.2, -0.15) is 4.68 Å². The van der Waals surface area contributed by atoms with E-state index in [1.807, 2.05) is 0 Å². The average Bonchev–Trinajstić information content (AvgIpc) is 2.30. The zero-order chi connectivity index (χ0) is 12.7. The molecule has 0 saturated heterocycles. The largest absolute Gasteiger partial charge is 0.347 e. The lowest BCUT2D eigenvalue weighted by molar-refractivity contribution is 0.602. The fraction of sp³-hybridized carbons (Fsp3) is 0.667. The molecule has 0 atom stereocenters. The predicted octanol–water partition coefficient (Wildman–Crippen LogP) is 1.15. The first-order valence-electron chi connectivity index (χ1n) is 6.25. The SMILES string of the molecule is CCCCCCCCc1cc(=O)n(N)c(=O)[nH]1. The second kappa shape index (κ2) is 6.93. The van der Waals surface area contributed by atoms with Crippen LogP contribution in [0, 0.1) is 0 Å². The molecule has 0 aromatic carbocycles. The quantitative estimate of drug-likeness (QED) is 0.553. The standard InChI is InChI=1S/C12H21N3O2/c1-2-3-4-5-6-7-8-10-9-11(16)15(13)12(17)14-10/h9H,2-8,13H2,1H3,(H,14,17). The van der Waals surface area contributed by atoms with Crippen molar-refractivity contribution in [2.45, 2.75) is 51.9 Å². The minimum atomic E-state index is -0.543. The van der Waals surface area contributed by atoms with Crippen LogP contribution >= 0.6 is 0 Å². The number of hydrogen-bond acceptors (Lipinski definition) is 3. The summed E-state index contributed by atoms with van der Waals surface area (Å²) in [6.45, 7) is 2.19. The van der Waals surface area contributed by atoms with E-state index in [2.05, 4.69) is 11.9 Å². The summed E-state index contributed by atoms with van der Waals surface area (Å²) < 4.78 is 0.588. The van der Waals surface area contributed by atoms with Gasteiger partial charge >= 0.3 is 5.69 Å². The maximum absolute atomic E-state index is 11.3. The highest BCUT2D eigenvalue weighted by Crippen LogP contribution is 2.07. The molecule has 5 nitrogen and oxygen atoms in total. The lowest BCUT2D eigenvalue weighted by atomic mass is 10.1. The Hall–Kier alpha value is -1.52. The Labute approximate surface area is 101 Å². The Morgan fingerprint density at radius 3 is 2.47 bits per heavy atom. The Kier molecular flexibility index (Phi) is 5.52. The van der Waals surface area contributed by atoms with Crippen LogP contribution in [0.5, 0.6) is 0 Å². The molecule has 0 unspecified atom stereocenters. The van der Waals surface area contributed by atoms with Crippen molar-refractivity contribution < 1.29 is 0 Å². The molecule has 1 heterocycles. The molecule has 0 aliphatic carbocycles. The minimum Gasteiger partial charge on any atom is -0.332 e. The number of nitrogen functional groups attached to an aromatic ring is 1. The first-order valence-corrected chi connectivity index (χ1v) is 6.25. The Morgan fingerprint density at radius 1 is 1.18 bits per heavy atom. The molecule has 3 N–H and O–H groups in total. The number of hydrogen-bond donors (Lipinski definition) is 2. The summed E-state index contributed by atoms with van der Waals surface area (Å²) in [4.78, 5) is 25.1. The van der Waals surface area contributed by atoms with E-state index in [9.17, 15) is 9.59 Å². The van der Waals surface area contributed by atoms with Crippen LogP contribution in [0.15, 0.2) is 15.7 Å². The van der Waals surface area contributed by atoms with Gasteiger partial charge in [-0.05, 0) is 12.8 Å². The molecule has 0 amide bonds. The van der Waals surface area contributed by atoms with Crippen LogP contribution in [-0.2, 0) is 6.42 Å². The number of nitrogens with zero attached hydrogens (tertiary/aromatic N) is 1. The first kappa shape index (κ1) is 13.5. The average molecular weight is 239 g/mol. The molecule has 0 spiro atoms. The molecule has 0 radical (unpaired) electrons. The summed E-state index contributed by atoms with van der Waals surface area (Å²) in [5.74, 6) is 5.22. The molecular formula is C12H21N3O2. The van der Waals surface area contributed by atoms with E-state index in [-0.39, 0.29) is 0 Å². The van der Waals surface area contributed by atoms with E-state index >= 15 is 0 Å². The molecule has 0 aliphatic rings. The number of unbranched alkanes of at least 4 members (excludes halogenated alkanes) is 5. The van der Waals surface area contributed by atoms with E-state index in [1.54, 1.807) is 0 Å². The Bertz CT molecular complexity index is 417. The molecular weight excluding hydrogens is 218 g/mol. The van der Waals surface area contributed by atoms with Gasteiger partial charge in [-0.25, -0.2) is 4.79 Å². The molecule has 0 fully saturated rings. The molecule has 0 saturated carbocycles.